The van der Waals surface area contributed by atoms with E-state index in [1.165, 1.54) is 0 Å². The molecular formula is C7H3I3NO2-. The van der Waals surface area contributed by atoms with Crippen molar-refractivity contribution >= 4 is 79.4 Å². The van der Waals surface area contributed by atoms with Crippen molar-refractivity contribution in [2.24, 2.45) is 0 Å². The highest BCUT2D eigenvalue weighted by Gasteiger charge is 2.11. The summed E-state index contributed by atoms with van der Waals surface area (Å²) in [7, 11) is 0. The predicted molar refractivity (Wildman–Crippen MR) is 73.3 cm³/mol. The Bertz CT molecular complexity index is 378. The van der Waals surface area contributed by atoms with Crippen molar-refractivity contribution in [3.8, 4) is 0 Å². The van der Waals surface area contributed by atoms with E-state index in [1.807, 2.05) is 45.2 Å². The monoisotopic (exact) mass is 514 g/mol. The molecule has 0 unspecified atom stereocenters. The summed E-state index contributed by atoms with van der Waals surface area (Å²) in [6, 6.07) is 1.73. The van der Waals surface area contributed by atoms with Crippen LogP contribution in [0.2, 0.25) is 0 Å². The van der Waals surface area contributed by atoms with Gasteiger partial charge >= 0.3 is 0 Å². The summed E-state index contributed by atoms with van der Waals surface area (Å²) < 4.78 is 2.06. The molecule has 1 aromatic rings. The van der Waals surface area contributed by atoms with E-state index in [4.69, 9.17) is 5.73 Å². The van der Waals surface area contributed by atoms with Gasteiger partial charge < -0.3 is 15.6 Å². The number of nitrogens with two attached hydrogens (primary N) is 1. The molecule has 70 valence electrons. The summed E-state index contributed by atoms with van der Waals surface area (Å²) in [6.07, 6.45) is 0. The van der Waals surface area contributed by atoms with E-state index >= 15 is 0 Å². The molecule has 0 saturated carbocycles. The van der Waals surface area contributed by atoms with Gasteiger partial charge in [0.1, 0.15) is 0 Å². The van der Waals surface area contributed by atoms with E-state index in [0.29, 0.717) is 12.8 Å². The number of carbonyl (C=O) groups excluding carboxylic acids is 1. The second-order valence-corrected chi connectivity index (χ2v) is 5.63. The molecule has 0 aromatic heterocycles. The molecule has 13 heavy (non-hydrogen) atoms. The Morgan fingerprint density at radius 1 is 1.31 bits per heavy atom. The quantitative estimate of drug-likeness (QED) is 0.457. The van der Waals surface area contributed by atoms with E-state index < -0.39 is 5.97 Å². The van der Waals surface area contributed by atoms with Crippen molar-refractivity contribution in [3.05, 3.63) is 22.3 Å². The number of carboxylic acids is 1. The molecule has 0 aliphatic rings. The van der Waals surface area contributed by atoms with Gasteiger partial charge in [0.2, 0.25) is 0 Å². The van der Waals surface area contributed by atoms with Crippen molar-refractivity contribution in [2.75, 3.05) is 5.73 Å². The van der Waals surface area contributed by atoms with Crippen molar-refractivity contribution < 1.29 is 9.90 Å². The summed E-state index contributed by atoms with van der Waals surface area (Å²) >= 11 is 5.94. The fourth-order valence-corrected chi connectivity index (χ4v) is 4.60. The minimum atomic E-state index is -1.18. The van der Waals surface area contributed by atoms with Crippen LogP contribution in [0.4, 0.5) is 5.69 Å². The Labute approximate surface area is 116 Å². The van der Waals surface area contributed by atoms with Crippen LogP contribution in [0.3, 0.4) is 0 Å². The first-order chi connectivity index (χ1) is 5.95. The lowest BCUT2D eigenvalue weighted by molar-refractivity contribution is -0.255. The second-order valence-electron chi connectivity index (χ2n) is 2.23. The lowest BCUT2D eigenvalue weighted by Crippen LogP contribution is -2.25. The zero-order valence-corrected chi connectivity index (χ0v) is 12.6. The summed E-state index contributed by atoms with van der Waals surface area (Å²) in [5.74, 6) is -1.18. The highest BCUT2D eigenvalue weighted by Crippen LogP contribution is 2.28. The number of carbonyl (C=O) groups is 1. The third-order valence-electron chi connectivity index (χ3n) is 1.41. The second kappa shape index (κ2) is 4.47. The number of anilines is 1. The average Bonchev–Trinajstić information content (AvgIpc) is 1.99. The van der Waals surface area contributed by atoms with E-state index in [9.17, 15) is 9.90 Å². The first-order valence-electron chi connectivity index (χ1n) is 3.09. The number of benzene rings is 1. The van der Waals surface area contributed by atoms with E-state index in [-0.39, 0.29) is 5.56 Å². The van der Waals surface area contributed by atoms with Gasteiger partial charge in [0, 0.05) is 16.3 Å². The number of halogens is 3. The van der Waals surface area contributed by atoms with Crippen LogP contribution in [0.1, 0.15) is 10.4 Å². The van der Waals surface area contributed by atoms with Crippen molar-refractivity contribution in [1.82, 2.24) is 0 Å². The Kier molecular flexibility index (Phi) is 4.04. The van der Waals surface area contributed by atoms with E-state index in [1.54, 1.807) is 6.07 Å². The van der Waals surface area contributed by atoms with E-state index in [0.717, 1.165) is 3.57 Å². The van der Waals surface area contributed by atoms with Gasteiger partial charge in [-0.3, -0.25) is 0 Å². The molecule has 2 N–H and O–H groups in total. The van der Waals surface area contributed by atoms with Gasteiger partial charge in [-0.2, -0.15) is 0 Å². The van der Waals surface area contributed by atoms with Gasteiger partial charge in [0.25, 0.3) is 0 Å². The molecule has 0 spiro atoms. The maximum absolute atomic E-state index is 10.7. The normalized spacial score (nSPS) is 10.1. The number of rotatable bonds is 1. The van der Waals surface area contributed by atoms with Crippen LogP contribution in [0.5, 0.6) is 0 Å². The molecule has 1 rings (SSSR count). The molecule has 6 heteroatoms. The molecule has 0 fully saturated rings. The first kappa shape index (κ1) is 11.8. The molecule has 0 saturated heterocycles. The first-order valence-corrected chi connectivity index (χ1v) is 6.33. The van der Waals surface area contributed by atoms with Crippen molar-refractivity contribution in [2.45, 2.75) is 0 Å². The van der Waals surface area contributed by atoms with Gasteiger partial charge in [0.05, 0.1) is 11.7 Å². The van der Waals surface area contributed by atoms with Gasteiger partial charge in [-0.25, -0.2) is 0 Å². The summed E-state index contributed by atoms with van der Waals surface area (Å²) in [4.78, 5) is 10.7. The topological polar surface area (TPSA) is 66.2 Å². The minimum Gasteiger partial charge on any atom is -0.545 e. The minimum absolute atomic E-state index is 0.180. The number of aromatic carboxylic acids is 1. The standard InChI is InChI=1S/C7H4I3NO2/c8-2-1-3(9)6(11)5(10)4(2)7(12)13/h1H,11H2,(H,12,13)/p-1. The molecule has 0 aliphatic carbocycles. The van der Waals surface area contributed by atoms with Gasteiger partial charge in [0.15, 0.2) is 0 Å². The fourth-order valence-electron chi connectivity index (χ4n) is 0.793. The van der Waals surface area contributed by atoms with Crippen LogP contribution in [-0.4, -0.2) is 5.97 Å². The Morgan fingerprint density at radius 2 is 1.85 bits per heavy atom. The zero-order chi connectivity index (χ0) is 10.2. The molecule has 1 aromatic carbocycles. The highest BCUT2D eigenvalue weighted by molar-refractivity contribution is 14.1. The highest BCUT2D eigenvalue weighted by atomic mass is 127. The summed E-state index contributed by atoms with van der Waals surface area (Å²) in [5.41, 5.74) is 6.36. The molecular weight excluding hydrogens is 511 g/mol. The lowest BCUT2D eigenvalue weighted by atomic mass is 10.2. The number of hydrogen-bond donors (Lipinski definition) is 1. The Balaban J connectivity index is 3.53. The van der Waals surface area contributed by atoms with Crippen molar-refractivity contribution in [3.63, 3.8) is 0 Å². The summed E-state index contributed by atoms with van der Waals surface area (Å²) in [5, 5.41) is 10.7. The van der Waals surface area contributed by atoms with Crippen LogP contribution in [-0.2, 0) is 0 Å². The zero-order valence-electron chi connectivity index (χ0n) is 6.11. The van der Waals surface area contributed by atoms with Crippen LogP contribution in [0, 0.1) is 10.7 Å². The summed E-state index contributed by atoms with van der Waals surface area (Å²) in [6.45, 7) is 0. The maximum Gasteiger partial charge on any atom is 0.0737 e. The lowest BCUT2D eigenvalue weighted by Gasteiger charge is -2.11. The number of hydrogen-bond acceptors (Lipinski definition) is 3. The molecule has 0 bridgehead atoms. The smallest absolute Gasteiger partial charge is 0.0737 e. The predicted octanol–water partition coefficient (Wildman–Crippen LogP) is 1.45. The van der Waals surface area contributed by atoms with Gasteiger partial charge in [-0.1, -0.05) is 0 Å². The number of nitrogen functional groups attached to an aromatic ring is 1. The van der Waals surface area contributed by atoms with Gasteiger partial charge in [-0.05, 0) is 73.8 Å². The van der Waals surface area contributed by atoms with Crippen LogP contribution in [0.25, 0.3) is 0 Å². The molecule has 0 atom stereocenters. The molecule has 0 radical (unpaired) electrons. The van der Waals surface area contributed by atoms with Crippen LogP contribution >= 0.6 is 67.8 Å². The fraction of sp³-hybridized carbons (Fsp3) is 0. The Morgan fingerprint density at radius 3 is 2.31 bits per heavy atom. The maximum atomic E-state index is 10.7. The Hall–Kier alpha value is 0.680. The molecule has 0 heterocycles. The van der Waals surface area contributed by atoms with Gasteiger partial charge in [-0.15, -0.1) is 0 Å². The number of carboxylic acid groups (broad SMARTS) is 1. The van der Waals surface area contributed by atoms with E-state index in [2.05, 4.69) is 22.6 Å². The third kappa shape index (κ3) is 2.37. The molecule has 3 nitrogen and oxygen atoms in total. The molecule has 0 amide bonds. The SMILES string of the molecule is Nc1c(I)cc(I)c(C(=O)[O-])c1I. The molecule has 0 aliphatic heterocycles. The largest absolute Gasteiger partial charge is 0.545 e. The van der Waals surface area contributed by atoms with Crippen molar-refractivity contribution in [1.29, 1.82) is 0 Å². The van der Waals surface area contributed by atoms with Crippen LogP contribution < -0.4 is 10.8 Å². The van der Waals surface area contributed by atoms with Crippen LogP contribution in [0.15, 0.2) is 6.07 Å². The third-order valence-corrected chi connectivity index (χ3v) is 4.27. The average molecular weight is 514 g/mol.